The molecule has 1 aliphatic heterocycles. The van der Waals surface area contributed by atoms with Gasteiger partial charge < -0.3 is 4.90 Å². The van der Waals surface area contributed by atoms with Gasteiger partial charge in [-0.25, -0.2) is 18.4 Å². The molecular weight excluding hydrogens is 378 g/mol. The van der Waals surface area contributed by atoms with Crippen molar-refractivity contribution in [2.75, 3.05) is 18.0 Å². The molecule has 0 bridgehead atoms. The molecule has 0 amide bonds. The zero-order valence-electron chi connectivity index (χ0n) is 14.1. The lowest BCUT2D eigenvalue weighted by molar-refractivity contribution is 0.366. The van der Waals surface area contributed by atoms with Crippen molar-refractivity contribution in [3.05, 3.63) is 64.1 Å². The second-order valence-electron chi connectivity index (χ2n) is 6.25. The van der Waals surface area contributed by atoms with Crippen molar-refractivity contribution in [1.29, 1.82) is 0 Å². The third kappa shape index (κ3) is 3.30. The second kappa shape index (κ2) is 7.07. The molecule has 2 aromatic heterocycles. The summed E-state index contributed by atoms with van der Waals surface area (Å²) in [7, 11) is 0. The number of hydrogen-bond donors (Lipinski definition) is 0. The van der Waals surface area contributed by atoms with Gasteiger partial charge >= 0.3 is 0 Å². The van der Waals surface area contributed by atoms with Crippen LogP contribution in [0, 0.1) is 11.6 Å². The van der Waals surface area contributed by atoms with E-state index in [1.165, 1.54) is 12.5 Å². The number of aromatic nitrogens is 5. The number of halogens is 3. The van der Waals surface area contributed by atoms with Crippen molar-refractivity contribution in [3.63, 3.8) is 0 Å². The van der Waals surface area contributed by atoms with Gasteiger partial charge in [-0.05, 0) is 25.0 Å². The number of anilines is 1. The standard InChI is InChI=1S/C17H15ClF2N6O/c18-16-15(24-5-3-12(4-6-24)25-10-21-9-23-25)8-22-26(17(16)27)14-2-1-11(19)7-13(14)20/h1-2,7-10,12H,3-6H2. The highest BCUT2D eigenvalue weighted by molar-refractivity contribution is 6.33. The summed E-state index contributed by atoms with van der Waals surface area (Å²) < 4.78 is 29.7. The number of nitrogens with zero attached hydrogens (tertiary/aromatic N) is 6. The minimum atomic E-state index is -0.887. The summed E-state index contributed by atoms with van der Waals surface area (Å²) in [5, 5.41) is 8.15. The molecule has 3 aromatic rings. The van der Waals surface area contributed by atoms with Crippen LogP contribution in [0.4, 0.5) is 14.5 Å². The van der Waals surface area contributed by atoms with E-state index >= 15 is 0 Å². The normalized spacial score (nSPS) is 15.3. The highest BCUT2D eigenvalue weighted by Crippen LogP contribution is 2.29. The van der Waals surface area contributed by atoms with E-state index in [1.807, 2.05) is 9.58 Å². The minimum Gasteiger partial charge on any atom is -0.369 e. The van der Waals surface area contributed by atoms with Gasteiger partial charge in [0, 0.05) is 19.2 Å². The average molecular weight is 393 g/mol. The Balaban J connectivity index is 1.59. The maximum absolute atomic E-state index is 14.0. The van der Waals surface area contributed by atoms with Gasteiger partial charge in [0.25, 0.3) is 5.56 Å². The lowest BCUT2D eigenvalue weighted by Crippen LogP contribution is -2.36. The van der Waals surface area contributed by atoms with E-state index in [0.717, 1.165) is 29.7 Å². The lowest BCUT2D eigenvalue weighted by atomic mass is 10.1. The van der Waals surface area contributed by atoms with Crippen LogP contribution in [0.5, 0.6) is 0 Å². The van der Waals surface area contributed by atoms with E-state index in [0.29, 0.717) is 24.8 Å². The molecule has 0 radical (unpaired) electrons. The van der Waals surface area contributed by atoms with E-state index in [1.54, 1.807) is 6.33 Å². The highest BCUT2D eigenvalue weighted by Gasteiger charge is 2.24. The van der Waals surface area contributed by atoms with Crippen LogP contribution in [-0.4, -0.2) is 37.6 Å². The fourth-order valence-electron chi connectivity index (χ4n) is 3.25. The number of piperidine rings is 1. The van der Waals surface area contributed by atoms with Crippen molar-refractivity contribution in [2.24, 2.45) is 0 Å². The Kier molecular flexibility index (Phi) is 4.61. The predicted molar refractivity (Wildman–Crippen MR) is 95.3 cm³/mol. The first-order chi connectivity index (χ1) is 13.0. The summed E-state index contributed by atoms with van der Waals surface area (Å²) >= 11 is 6.26. The molecule has 1 aromatic carbocycles. The fraction of sp³-hybridized carbons (Fsp3) is 0.294. The van der Waals surface area contributed by atoms with Crippen molar-refractivity contribution < 1.29 is 8.78 Å². The van der Waals surface area contributed by atoms with Gasteiger partial charge in [-0.2, -0.15) is 14.9 Å². The zero-order chi connectivity index (χ0) is 19.0. The van der Waals surface area contributed by atoms with Gasteiger partial charge in [-0.15, -0.1) is 0 Å². The summed E-state index contributed by atoms with van der Waals surface area (Å²) in [6.07, 6.45) is 6.25. The van der Waals surface area contributed by atoms with Crippen LogP contribution in [0.3, 0.4) is 0 Å². The smallest absolute Gasteiger partial charge is 0.292 e. The third-order valence-corrected chi connectivity index (χ3v) is 5.01. The molecule has 0 aliphatic carbocycles. The molecule has 7 nitrogen and oxygen atoms in total. The molecule has 0 atom stereocenters. The fourth-order valence-corrected chi connectivity index (χ4v) is 3.49. The Bertz CT molecular complexity index is 1010. The molecule has 0 saturated carbocycles. The predicted octanol–water partition coefficient (Wildman–Crippen LogP) is 2.60. The van der Waals surface area contributed by atoms with Crippen LogP contribution in [0.15, 0.2) is 41.8 Å². The maximum atomic E-state index is 14.0. The van der Waals surface area contributed by atoms with Crippen LogP contribution in [-0.2, 0) is 0 Å². The molecule has 4 rings (SSSR count). The topological polar surface area (TPSA) is 68.8 Å². The Morgan fingerprint density at radius 2 is 1.89 bits per heavy atom. The molecule has 0 spiro atoms. The number of benzene rings is 1. The first-order valence-corrected chi connectivity index (χ1v) is 8.74. The Hall–Kier alpha value is -2.81. The van der Waals surface area contributed by atoms with Crippen molar-refractivity contribution in [3.8, 4) is 5.69 Å². The monoisotopic (exact) mass is 392 g/mol. The van der Waals surface area contributed by atoms with E-state index < -0.39 is 17.2 Å². The summed E-state index contributed by atoms with van der Waals surface area (Å²) in [4.78, 5) is 18.5. The van der Waals surface area contributed by atoms with Gasteiger partial charge in [0.1, 0.15) is 29.2 Å². The van der Waals surface area contributed by atoms with Gasteiger partial charge in [0.05, 0.1) is 17.9 Å². The largest absolute Gasteiger partial charge is 0.369 e. The molecule has 140 valence electrons. The first kappa shape index (κ1) is 17.6. The van der Waals surface area contributed by atoms with Gasteiger partial charge in [-0.1, -0.05) is 11.6 Å². The summed E-state index contributed by atoms with van der Waals surface area (Å²) in [6, 6.07) is 3.14. The Labute approximate surface area is 157 Å². The molecular formula is C17H15ClF2N6O. The van der Waals surface area contributed by atoms with Crippen LogP contribution in [0.1, 0.15) is 18.9 Å². The van der Waals surface area contributed by atoms with Gasteiger partial charge in [0.2, 0.25) is 0 Å². The van der Waals surface area contributed by atoms with Gasteiger partial charge in [0.15, 0.2) is 5.82 Å². The van der Waals surface area contributed by atoms with Crippen LogP contribution < -0.4 is 10.5 Å². The van der Waals surface area contributed by atoms with Gasteiger partial charge in [-0.3, -0.25) is 4.79 Å². The SMILES string of the molecule is O=c1c(Cl)c(N2CCC(n3cncn3)CC2)cnn1-c1ccc(F)cc1F. The Morgan fingerprint density at radius 1 is 1.11 bits per heavy atom. The molecule has 27 heavy (non-hydrogen) atoms. The molecule has 0 N–H and O–H groups in total. The average Bonchev–Trinajstić information content (AvgIpc) is 3.20. The molecule has 1 fully saturated rings. The minimum absolute atomic E-state index is 0.0482. The summed E-state index contributed by atoms with van der Waals surface area (Å²) in [6.45, 7) is 1.33. The third-order valence-electron chi connectivity index (χ3n) is 4.65. The quantitative estimate of drug-likeness (QED) is 0.685. The number of rotatable bonds is 3. The summed E-state index contributed by atoms with van der Waals surface area (Å²) in [5.41, 5.74) is -0.310. The lowest BCUT2D eigenvalue weighted by Gasteiger charge is -2.33. The summed E-state index contributed by atoms with van der Waals surface area (Å²) in [5.74, 6) is -1.62. The molecule has 1 saturated heterocycles. The maximum Gasteiger partial charge on any atom is 0.292 e. The van der Waals surface area contributed by atoms with E-state index in [4.69, 9.17) is 11.6 Å². The van der Waals surface area contributed by atoms with E-state index in [9.17, 15) is 13.6 Å². The number of hydrogen-bond acceptors (Lipinski definition) is 5. The van der Waals surface area contributed by atoms with E-state index in [-0.39, 0.29) is 16.8 Å². The Morgan fingerprint density at radius 3 is 2.56 bits per heavy atom. The first-order valence-electron chi connectivity index (χ1n) is 8.37. The van der Waals surface area contributed by atoms with Crippen LogP contribution in [0.2, 0.25) is 5.02 Å². The molecule has 0 unspecified atom stereocenters. The van der Waals surface area contributed by atoms with Crippen molar-refractivity contribution in [2.45, 2.75) is 18.9 Å². The molecule has 3 heterocycles. The van der Waals surface area contributed by atoms with Crippen molar-refractivity contribution in [1.82, 2.24) is 24.5 Å². The molecule has 10 heteroatoms. The van der Waals surface area contributed by atoms with Crippen LogP contribution >= 0.6 is 11.6 Å². The van der Waals surface area contributed by atoms with E-state index in [2.05, 4.69) is 15.2 Å². The second-order valence-corrected chi connectivity index (χ2v) is 6.63. The van der Waals surface area contributed by atoms with Crippen molar-refractivity contribution >= 4 is 17.3 Å². The zero-order valence-corrected chi connectivity index (χ0v) is 14.9. The highest BCUT2D eigenvalue weighted by atomic mass is 35.5. The molecule has 1 aliphatic rings. The van der Waals surface area contributed by atoms with Crippen LogP contribution in [0.25, 0.3) is 5.69 Å².